The van der Waals surface area contributed by atoms with Crippen molar-refractivity contribution < 1.29 is 19.8 Å². The van der Waals surface area contributed by atoms with Gasteiger partial charge in [-0.25, -0.2) is 4.79 Å². The van der Waals surface area contributed by atoms with Gasteiger partial charge in [-0.05, 0) is 84.9 Å². The van der Waals surface area contributed by atoms with Crippen molar-refractivity contribution in [3.8, 4) is 0 Å². The van der Waals surface area contributed by atoms with Crippen LogP contribution in [-0.2, 0) is 41.8 Å². The van der Waals surface area contributed by atoms with E-state index in [4.69, 9.17) is 5.73 Å². The molecule has 4 aromatic rings. The SMILES string of the molecule is NC(=O)C1CCCc2c1c1cc(CCC(O)C(=O)O)c(CCc3ccccc3)cc1n2Cc1ccccc1. The fourth-order valence-corrected chi connectivity index (χ4v) is 5.87. The van der Waals surface area contributed by atoms with E-state index in [1.54, 1.807) is 0 Å². The van der Waals surface area contributed by atoms with Crippen molar-refractivity contribution in [2.24, 2.45) is 5.73 Å². The number of hydrogen-bond donors (Lipinski definition) is 3. The summed E-state index contributed by atoms with van der Waals surface area (Å²) in [5, 5.41) is 20.3. The highest BCUT2D eigenvalue weighted by molar-refractivity contribution is 5.94. The summed E-state index contributed by atoms with van der Waals surface area (Å²) in [6.07, 6.45) is 3.32. The van der Waals surface area contributed by atoms with Crippen molar-refractivity contribution in [1.29, 1.82) is 0 Å². The molecule has 0 spiro atoms. The number of aliphatic carboxylic acids is 1. The molecule has 4 N–H and O–H groups in total. The molecule has 5 rings (SSSR count). The zero-order valence-electron chi connectivity index (χ0n) is 21.5. The Morgan fingerprint density at radius 2 is 1.58 bits per heavy atom. The van der Waals surface area contributed by atoms with Crippen LogP contribution in [0.4, 0.5) is 0 Å². The quantitative estimate of drug-likeness (QED) is 0.286. The van der Waals surface area contributed by atoms with Crippen molar-refractivity contribution in [2.45, 2.75) is 63.5 Å². The highest BCUT2D eigenvalue weighted by Gasteiger charge is 2.31. The Bertz CT molecular complexity index is 1440. The number of hydrogen-bond acceptors (Lipinski definition) is 3. The Balaban J connectivity index is 1.64. The third-order valence-electron chi connectivity index (χ3n) is 7.82. The maximum Gasteiger partial charge on any atom is 0.332 e. The first kappa shape index (κ1) is 25.7. The number of aromatic nitrogens is 1. The summed E-state index contributed by atoms with van der Waals surface area (Å²) in [5.74, 6) is -1.86. The van der Waals surface area contributed by atoms with Gasteiger partial charge in [-0.1, -0.05) is 60.7 Å². The summed E-state index contributed by atoms with van der Waals surface area (Å²) in [6, 6.07) is 25.0. The number of nitrogens with zero attached hydrogens (tertiary/aromatic N) is 1. The molecule has 1 amide bonds. The van der Waals surface area contributed by atoms with Crippen molar-refractivity contribution >= 4 is 22.8 Å². The zero-order chi connectivity index (χ0) is 26.6. The molecule has 0 radical (unpaired) electrons. The van der Waals surface area contributed by atoms with Crippen molar-refractivity contribution in [2.75, 3.05) is 0 Å². The van der Waals surface area contributed by atoms with Crippen LogP contribution in [0.25, 0.3) is 10.9 Å². The summed E-state index contributed by atoms with van der Waals surface area (Å²) in [4.78, 5) is 23.9. The van der Waals surface area contributed by atoms with Gasteiger partial charge in [0.15, 0.2) is 6.10 Å². The molecular weight excluding hydrogens is 476 g/mol. The van der Waals surface area contributed by atoms with Gasteiger partial charge < -0.3 is 20.5 Å². The van der Waals surface area contributed by atoms with Gasteiger partial charge in [0.25, 0.3) is 0 Å². The van der Waals surface area contributed by atoms with E-state index in [1.807, 2.05) is 36.4 Å². The molecule has 6 heteroatoms. The van der Waals surface area contributed by atoms with Crippen LogP contribution in [0.15, 0.2) is 72.8 Å². The number of primary amides is 1. The molecule has 0 saturated heterocycles. The van der Waals surface area contributed by atoms with Crippen molar-refractivity contribution in [1.82, 2.24) is 4.57 Å². The molecule has 2 unspecified atom stereocenters. The van der Waals surface area contributed by atoms with E-state index < -0.39 is 12.1 Å². The van der Waals surface area contributed by atoms with Gasteiger partial charge in [0.05, 0.1) is 5.92 Å². The molecule has 196 valence electrons. The molecule has 0 bridgehead atoms. The van der Waals surface area contributed by atoms with Gasteiger partial charge in [0.2, 0.25) is 5.91 Å². The van der Waals surface area contributed by atoms with Crippen LogP contribution >= 0.6 is 0 Å². The fraction of sp³-hybridized carbons (Fsp3) is 0.312. The summed E-state index contributed by atoms with van der Waals surface area (Å²) in [6.45, 7) is 0.702. The molecule has 6 nitrogen and oxygen atoms in total. The Morgan fingerprint density at radius 1 is 0.921 bits per heavy atom. The molecule has 38 heavy (non-hydrogen) atoms. The number of carbonyl (C=O) groups is 2. The van der Waals surface area contributed by atoms with E-state index in [2.05, 4.69) is 41.0 Å². The van der Waals surface area contributed by atoms with Crippen LogP contribution in [0.1, 0.15) is 58.7 Å². The molecular formula is C32H34N2O4. The molecule has 3 aromatic carbocycles. The van der Waals surface area contributed by atoms with Gasteiger partial charge in [-0.3, -0.25) is 4.79 Å². The van der Waals surface area contributed by atoms with E-state index in [0.29, 0.717) is 13.0 Å². The maximum absolute atomic E-state index is 12.5. The number of rotatable bonds is 10. The van der Waals surface area contributed by atoms with Gasteiger partial charge in [0.1, 0.15) is 0 Å². The molecule has 0 aliphatic heterocycles. The van der Waals surface area contributed by atoms with Gasteiger partial charge in [-0.15, -0.1) is 0 Å². The number of aliphatic hydroxyl groups is 1. The molecule has 1 aliphatic carbocycles. The lowest BCUT2D eigenvalue weighted by Gasteiger charge is -2.22. The minimum Gasteiger partial charge on any atom is -0.479 e. The second-order valence-electron chi connectivity index (χ2n) is 10.3. The zero-order valence-corrected chi connectivity index (χ0v) is 21.5. The van der Waals surface area contributed by atoms with E-state index in [-0.39, 0.29) is 18.2 Å². The second kappa shape index (κ2) is 11.2. The minimum absolute atomic E-state index is 0.130. The highest BCUT2D eigenvalue weighted by Crippen LogP contribution is 2.41. The molecule has 1 heterocycles. The summed E-state index contributed by atoms with van der Waals surface area (Å²) in [7, 11) is 0. The average Bonchev–Trinajstić information content (AvgIpc) is 3.23. The van der Waals surface area contributed by atoms with Crippen molar-refractivity contribution in [3.05, 3.63) is 106 Å². The van der Waals surface area contributed by atoms with Crippen LogP contribution in [0.3, 0.4) is 0 Å². The van der Waals surface area contributed by atoms with Crippen LogP contribution in [0.2, 0.25) is 0 Å². The number of amides is 1. The first-order chi connectivity index (χ1) is 18.4. The first-order valence-electron chi connectivity index (χ1n) is 13.4. The Hall–Kier alpha value is -3.90. The number of aliphatic hydroxyl groups excluding tert-OH is 1. The lowest BCUT2D eigenvalue weighted by molar-refractivity contribution is -0.146. The Morgan fingerprint density at radius 3 is 2.24 bits per heavy atom. The highest BCUT2D eigenvalue weighted by atomic mass is 16.4. The summed E-state index contributed by atoms with van der Waals surface area (Å²) >= 11 is 0. The first-order valence-corrected chi connectivity index (χ1v) is 13.4. The van der Waals surface area contributed by atoms with Gasteiger partial charge in [0, 0.05) is 23.1 Å². The number of carbonyl (C=O) groups excluding carboxylic acids is 1. The van der Waals surface area contributed by atoms with E-state index in [9.17, 15) is 19.8 Å². The fourth-order valence-electron chi connectivity index (χ4n) is 5.87. The number of benzene rings is 3. The predicted molar refractivity (Wildman–Crippen MR) is 148 cm³/mol. The maximum atomic E-state index is 12.5. The number of aryl methyl sites for hydroxylation is 3. The third-order valence-corrected chi connectivity index (χ3v) is 7.82. The third kappa shape index (κ3) is 5.36. The van der Waals surface area contributed by atoms with Gasteiger partial charge in [-0.2, -0.15) is 0 Å². The molecule has 2 atom stereocenters. The average molecular weight is 511 g/mol. The Labute approximate surface area is 222 Å². The van der Waals surface area contributed by atoms with Crippen LogP contribution < -0.4 is 5.73 Å². The second-order valence-corrected chi connectivity index (χ2v) is 10.3. The lowest BCUT2D eigenvalue weighted by Crippen LogP contribution is -2.25. The van der Waals surface area contributed by atoms with Crippen molar-refractivity contribution in [3.63, 3.8) is 0 Å². The van der Waals surface area contributed by atoms with E-state index in [1.165, 1.54) is 11.1 Å². The van der Waals surface area contributed by atoms with E-state index >= 15 is 0 Å². The number of fused-ring (bicyclic) bond motifs is 3. The standard InChI is InChI=1S/C32H34N2O4/c33-31(36)25-12-7-13-27-30(25)26-18-23(16-17-29(35)32(37)38)24(15-14-21-8-3-1-4-9-21)19-28(26)34(27)20-22-10-5-2-6-11-22/h1-6,8-11,18-19,25,29,35H,7,12-17,20H2,(H2,33,36)(H,37,38). The van der Waals surface area contributed by atoms with Crippen LogP contribution in [0, 0.1) is 0 Å². The lowest BCUT2D eigenvalue weighted by atomic mass is 9.83. The topological polar surface area (TPSA) is 106 Å². The molecule has 0 fully saturated rings. The number of nitrogens with two attached hydrogens (primary N) is 1. The van der Waals surface area contributed by atoms with Gasteiger partial charge >= 0.3 is 5.97 Å². The normalized spacial score (nSPS) is 15.8. The monoisotopic (exact) mass is 510 g/mol. The molecule has 1 aromatic heterocycles. The smallest absolute Gasteiger partial charge is 0.332 e. The minimum atomic E-state index is -1.41. The number of carboxylic acids is 1. The molecule has 0 saturated carbocycles. The van der Waals surface area contributed by atoms with Crippen LogP contribution in [-0.4, -0.2) is 32.8 Å². The summed E-state index contributed by atoms with van der Waals surface area (Å²) in [5.41, 5.74) is 13.7. The predicted octanol–water partition coefficient (Wildman–Crippen LogP) is 4.76. The Kier molecular flexibility index (Phi) is 7.61. The van der Waals surface area contributed by atoms with E-state index in [0.717, 1.165) is 65.4 Å². The summed E-state index contributed by atoms with van der Waals surface area (Å²) < 4.78 is 2.34. The largest absolute Gasteiger partial charge is 0.479 e. The van der Waals surface area contributed by atoms with Crippen LogP contribution in [0.5, 0.6) is 0 Å². The molecule has 1 aliphatic rings. The number of carboxylic acid groups (broad SMARTS) is 1.